The van der Waals surface area contributed by atoms with Crippen LogP contribution in [0.15, 0.2) is 46.6 Å². The summed E-state index contributed by atoms with van der Waals surface area (Å²) in [5.41, 5.74) is 1.61. The standard InChI is InChI=1S/C12H9N3S/c1-9-6-7-14-12(15-9)16-11-4-2-10(8-13)3-5-11/h2-7H,1H3. The van der Waals surface area contributed by atoms with E-state index in [2.05, 4.69) is 16.0 Å². The third-order valence-corrected chi connectivity index (χ3v) is 2.85. The van der Waals surface area contributed by atoms with Crippen LogP contribution in [0.1, 0.15) is 11.3 Å². The fourth-order valence-corrected chi connectivity index (χ4v) is 1.96. The van der Waals surface area contributed by atoms with Crippen LogP contribution in [0.5, 0.6) is 0 Å². The maximum atomic E-state index is 8.67. The summed E-state index contributed by atoms with van der Waals surface area (Å²) in [5, 5.41) is 9.40. The molecule has 0 unspecified atom stereocenters. The average molecular weight is 227 g/mol. The van der Waals surface area contributed by atoms with Crippen LogP contribution >= 0.6 is 11.8 Å². The smallest absolute Gasteiger partial charge is 0.192 e. The molecule has 0 spiro atoms. The zero-order valence-electron chi connectivity index (χ0n) is 8.71. The van der Waals surface area contributed by atoms with Crippen LogP contribution in [0.4, 0.5) is 0 Å². The molecule has 0 radical (unpaired) electrons. The van der Waals surface area contributed by atoms with Crippen LogP contribution in [-0.4, -0.2) is 9.97 Å². The fourth-order valence-electron chi connectivity index (χ4n) is 1.18. The highest BCUT2D eigenvalue weighted by Gasteiger charge is 2.00. The molecule has 3 nitrogen and oxygen atoms in total. The van der Waals surface area contributed by atoms with Gasteiger partial charge >= 0.3 is 0 Å². The van der Waals surface area contributed by atoms with Gasteiger partial charge in [0.25, 0.3) is 0 Å². The number of aromatic nitrogens is 2. The molecule has 0 saturated carbocycles. The summed E-state index contributed by atoms with van der Waals surface area (Å²) in [6.45, 7) is 1.94. The maximum absolute atomic E-state index is 8.67. The van der Waals surface area contributed by atoms with Gasteiger partial charge in [-0.3, -0.25) is 0 Å². The Labute approximate surface area is 98.2 Å². The monoisotopic (exact) mass is 227 g/mol. The van der Waals surface area contributed by atoms with Gasteiger partial charge in [-0.15, -0.1) is 0 Å². The molecule has 4 heteroatoms. The van der Waals surface area contributed by atoms with Crippen molar-refractivity contribution in [3.05, 3.63) is 47.8 Å². The summed E-state index contributed by atoms with van der Waals surface area (Å²) in [6.07, 6.45) is 1.74. The van der Waals surface area contributed by atoms with Gasteiger partial charge in [-0.2, -0.15) is 5.26 Å². The van der Waals surface area contributed by atoms with E-state index >= 15 is 0 Å². The van der Waals surface area contributed by atoms with E-state index in [0.717, 1.165) is 15.7 Å². The molecule has 0 bridgehead atoms. The maximum Gasteiger partial charge on any atom is 0.192 e. The van der Waals surface area contributed by atoms with Gasteiger partial charge < -0.3 is 0 Å². The molecule has 0 aliphatic rings. The second-order valence-electron chi connectivity index (χ2n) is 3.22. The first-order chi connectivity index (χ1) is 7.78. The highest BCUT2D eigenvalue weighted by atomic mass is 32.2. The second-order valence-corrected chi connectivity index (χ2v) is 4.26. The molecule has 2 rings (SSSR count). The number of hydrogen-bond donors (Lipinski definition) is 0. The Morgan fingerprint density at radius 2 is 1.94 bits per heavy atom. The zero-order chi connectivity index (χ0) is 11.4. The molecule has 1 aromatic heterocycles. The topological polar surface area (TPSA) is 49.6 Å². The lowest BCUT2D eigenvalue weighted by atomic mass is 10.2. The first-order valence-electron chi connectivity index (χ1n) is 4.75. The molecular weight excluding hydrogens is 218 g/mol. The SMILES string of the molecule is Cc1ccnc(Sc2ccc(C#N)cc2)n1. The van der Waals surface area contributed by atoms with Gasteiger partial charge in [0.2, 0.25) is 0 Å². The summed E-state index contributed by atoms with van der Waals surface area (Å²) < 4.78 is 0. The van der Waals surface area contributed by atoms with Crippen LogP contribution in [0.25, 0.3) is 0 Å². The molecule has 78 valence electrons. The minimum atomic E-state index is 0.662. The Morgan fingerprint density at radius 3 is 2.56 bits per heavy atom. The van der Waals surface area contributed by atoms with E-state index in [-0.39, 0.29) is 0 Å². The van der Waals surface area contributed by atoms with Crippen molar-refractivity contribution >= 4 is 11.8 Å². The van der Waals surface area contributed by atoms with E-state index in [9.17, 15) is 0 Å². The van der Waals surface area contributed by atoms with Gasteiger partial charge in [-0.25, -0.2) is 9.97 Å². The molecule has 0 aliphatic heterocycles. The second kappa shape index (κ2) is 4.77. The van der Waals surface area contributed by atoms with Crippen LogP contribution < -0.4 is 0 Å². The van der Waals surface area contributed by atoms with Gasteiger partial charge in [0, 0.05) is 16.8 Å². The van der Waals surface area contributed by atoms with Crippen LogP contribution in [-0.2, 0) is 0 Å². The summed E-state index contributed by atoms with van der Waals surface area (Å²) in [7, 11) is 0. The number of hydrogen-bond acceptors (Lipinski definition) is 4. The largest absolute Gasteiger partial charge is 0.231 e. The molecule has 0 amide bonds. The lowest BCUT2D eigenvalue weighted by Gasteiger charge is -2.00. The van der Waals surface area contributed by atoms with E-state index in [1.165, 1.54) is 11.8 Å². The lowest BCUT2D eigenvalue weighted by Crippen LogP contribution is -1.87. The van der Waals surface area contributed by atoms with Gasteiger partial charge in [0.05, 0.1) is 11.6 Å². The van der Waals surface area contributed by atoms with E-state index in [1.807, 2.05) is 25.1 Å². The normalized spacial score (nSPS) is 9.75. The third-order valence-electron chi connectivity index (χ3n) is 1.97. The molecule has 1 aromatic carbocycles. The quantitative estimate of drug-likeness (QED) is 0.740. The summed E-state index contributed by atoms with van der Waals surface area (Å²) in [4.78, 5) is 9.49. The number of nitriles is 1. The lowest BCUT2D eigenvalue weighted by molar-refractivity contribution is 0.932. The van der Waals surface area contributed by atoms with Crippen molar-refractivity contribution in [2.45, 2.75) is 17.0 Å². The molecule has 1 heterocycles. The Morgan fingerprint density at radius 1 is 1.19 bits per heavy atom. The molecule has 16 heavy (non-hydrogen) atoms. The Kier molecular flexibility index (Phi) is 3.18. The highest BCUT2D eigenvalue weighted by molar-refractivity contribution is 7.99. The van der Waals surface area contributed by atoms with Gasteiger partial charge in [0.1, 0.15) is 0 Å². The number of nitrogens with zero attached hydrogens (tertiary/aromatic N) is 3. The Hall–Kier alpha value is -1.86. The van der Waals surface area contributed by atoms with E-state index in [1.54, 1.807) is 18.3 Å². The predicted molar refractivity (Wildman–Crippen MR) is 62.0 cm³/mol. The Balaban J connectivity index is 2.18. The predicted octanol–water partition coefficient (Wildman–Crippen LogP) is 2.81. The Bertz CT molecular complexity index is 529. The van der Waals surface area contributed by atoms with Crippen molar-refractivity contribution < 1.29 is 0 Å². The van der Waals surface area contributed by atoms with E-state index in [0.29, 0.717) is 5.56 Å². The minimum Gasteiger partial charge on any atom is -0.231 e. The van der Waals surface area contributed by atoms with Crippen molar-refractivity contribution in [3.63, 3.8) is 0 Å². The number of benzene rings is 1. The fraction of sp³-hybridized carbons (Fsp3) is 0.0833. The van der Waals surface area contributed by atoms with Crippen LogP contribution in [0.3, 0.4) is 0 Å². The van der Waals surface area contributed by atoms with Crippen molar-refractivity contribution in [3.8, 4) is 6.07 Å². The molecular formula is C12H9N3S. The summed E-state index contributed by atoms with van der Waals surface area (Å²) in [5.74, 6) is 0. The molecule has 2 aromatic rings. The molecule has 0 N–H and O–H groups in total. The zero-order valence-corrected chi connectivity index (χ0v) is 9.53. The first-order valence-corrected chi connectivity index (χ1v) is 5.57. The van der Waals surface area contributed by atoms with Gasteiger partial charge in [-0.05, 0) is 49.0 Å². The van der Waals surface area contributed by atoms with Gasteiger partial charge in [-0.1, -0.05) is 0 Å². The molecule has 0 aliphatic carbocycles. The van der Waals surface area contributed by atoms with Crippen molar-refractivity contribution in [1.82, 2.24) is 9.97 Å². The number of rotatable bonds is 2. The molecule has 0 atom stereocenters. The molecule has 0 fully saturated rings. The minimum absolute atomic E-state index is 0.662. The van der Waals surface area contributed by atoms with Crippen molar-refractivity contribution in [1.29, 1.82) is 5.26 Å². The van der Waals surface area contributed by atoms with Crippen molar-refractivity contribution in [2.24, 2.45) is 0 Å². The highest BCUT2D eigenvalue weighted by Crippen LogP contribution is 2.24. The van der Waals surface area contributed by atoms with Crippen molar-refractivity contribution in [2.75, 3.05) is 0 Å². The average Bonchev–Trinajstić information content (AvgIpc) is 2.30. The van der Waals surface area contributed by atoms with Gasteiger partial charge in [0.15, 0.2) is 5.16 Å². The van der Waals surface area contributed by atoms with E-state index < -0.39 is 0 Å². The third kappa shape index (κ3) is 2.59. The van der Waals surface area contributed by atoms with E-state index in [4.69, 9.17) is 5.26 Å². The first kappa shape index (κ1) is 10.7. The van der Waals surface area contributed by atoms with Crippen LogP contribution in [0.2, 0.25) is 0 Å². The summed E-state index contributed by atoms with van der Waals surface area (Å²) >= 11 is 1.49. The number of aryl methyl sites for hydroxylation is 1. The molecule has 0 saturated heterocycles. The summed E-state index contributed by atoms with van der Waals surface area (Å²) in [6, 6.07) is 11.3. The van der Waals surface area contributed by atoms with Crippen LogP contribution in [0, 0.1) is 18.3 Å².